The lowest BCUT2D eigenvalue weighted by Crippen LogP contribution is -1.92. The van der Waals surface area contributed by atoms with Crippen molar-refractivity contribution in [1.29, 1.82) is 0 Å². The van der Waals surface area contributed by atoms with Gasteiger partial charge in [0.2, 0.25) is 0 Å². The maximum Gasteiger partial charge on any atom is 0.340 e. The highest BCUT2D eigenvalue weighted by Gasteiger charge is 2.26. The number of esters is 1. The first-order valence-electron chi connectivity index (χ1n) is 4.14. The lowest BCUT2D eigenvalue weighted by Gasteiger charge is -1.94. The van der Waals surface area contributed by atoms with Gasteiger partial charge in [0.25, 0.3) is 0 Å². The standard InChI is InChI=1S/C10H5ClO2S/c11-5-1-2-7-6(3-5)9-8(14-7)4-13-10(9)12/h1-3H,4H2. The highest BCUT2D eigenvalue weighted by Crippen LogP contribution is 2.37. The van der Waals surface area contributed by atoms with Gasteiger partial charge in [0.15, 0.2) is 0 Å². The molecular formula is C10H5ClO2S. The van der Waals surface area contributed by atoms with E-state index in [9.17, 15) is 4.79 Å². The Morgan fingerprint density at radius 2 is 2.29 bits per heavy atom. The molecule has 4 heteroatoms. The maximum absolute atomic E-state index is 11.4. The molecule has 0 saturated carbocycles. The molecule has 2 aromatic rings. The lowest BCUT2D eigenvalue weighted by atomic mass is 10.1. The van der Waals surface area contributed by atoms with E-state index in [-0.39, 0.29) is 5.97 Å². The first kappa shape index (κ1) is 8.26. The zero-order valence-electron chi connectivity index (χ0n) is 7.04. The predicted molar refractivity (Wildman–Crippen MR) is 56.0 cm³/mol. The smallest absolute Gasteiger partial charge is 0.340 e. The Morgan fingerprint density at radius 1 is 1.43 bits per heavy atom. The SMILES string of the molecule is O=C1OCc2sc3ccc(Cl)cc3c21. The molecule has 0 aliphatic carbocycles. The van der Waals surface area contributed by atoms with Crippen molar-refractivity contribution in [1.82, 2.24) is 0 Å². The number of carbonyl (C=O) groups excluding carboxylic acids is 1. The van der Waals surface area contributed by atoms with E-state index in [0.717, 1.165) is 15.0 Å². The van der Waals surface area contributed by atoms with Crippen LogP contribution in [0.5, 0.6) is 0 Å². The largest absolute Gasteiger partial charge is 0.456 e. The van der Waals surface area contributed by atoms with Gasteiger partial charge in [-0.25, -0.2) is 4.79 Å². The molecule has 0 fully saturated rings. The van der Waals surface area contributed by atoms with E-state index in [4.69, 9.17) is 16.3 Å². The van der Waals surface area contributed by atoms with Crippen LogP contribution in [0.2, 0.25) is 5.02 Å². The summed E-state index contributed by atoms with van der Waals surface area (Å²) in [6.07, 6.45) is 0. The summed E-state index contributed by atoms with van der Waals surface area (Å²) in [7, 11) is 0. The Bertz CT molecular complexity index is 544. The second-order valence-electron chi connectivity index (χ2n) is 3.12. The summed E-state index contributed by atoms with van der Waals surface area (Å²) in [5, 5.41) is 1.57. The topological polar surface area (TPSA) is 26.3 Å². The van der Waals surface area contributed by atoms with Crippen LogP contribution in [0.4, 0.5) is 0 Å². The monoisotopic (exact) mass is 224 g/mol. The molecule has 0 bridgehead atoms. The van der Waals surface area contributed by atoms with Crippen LogP contribution in [0.25, 0.3) is 10.1 Å². The molecule has 2 nitrogen and oxygen atoms in total. The van der Waals surface area contributed by atoms with Gasteiger partial charge in [-0.3, -0.25) is 0 Å². The van der Waals surface area contributed by atoms with Crippen LogP contribution in [0.3, 0.4) is 0 Å². The molecule has 0 saturated heterocycles. The van der Waals surface area contributed by atoms with Crippen molar-refractivity contribution in [3.63, 3.8) is 0 Å². The summed E-state index contributed by atoms with van der Waals surface area (Å²) in [4.78, 5) is 12.4. The molecule has 1 aliphatic heterocycles. The number of cyclic esters (lactones) is 1. The van der Waals surface area contributed by atoms with E-state index in [1.54, 1.807) is 11.3 Å². The van der Waals surface area contributed by atoms with Gasteiger partial charge in [-0.15, -0.1) is 11.3 Å². The molecule has 1 aromatic carbocycles. The minimum Gasteiger partial charge on any atom is -0.456 e. The van der Waals surface area contributed by atoms with Crippen molar-refractivity contribution < 1.29 is 9.53 Å². The number of ether oxygens (including phenoxy) is 1. The lowest BCUT2D eigenvalue weighted by molar-refractivity contribution is 0.0538. The van der Waals surface area contributed by atoms with Crippen molar-refractivity contribution in [3.05, 3.63) is 33.7 Å². The first-order valence-corrected chi connectivity index (χ1v) is 5.33. The van der Waals surface area contributed by atoms with Crippen LogP contribution in [0, 0.1) is 0 Å². The number of benzene rings is 1. The molecule has 0 radical (unpaired) electrons. The molecule has 1 aromatic heterocycles. The van der Waals surface area contributed by atoms with Gasteiger partial charge in [0.1, 0.15) is 6.61 Å². The van der Waals surface area contributed by atoms with Crippen molar-refractivity contribution in [2.75, 3.05) is 0 Å². The normalized spacial score (nSPS) is 14.5. The van der Waals surface area contributed by atoms with E-state index in [0.29, 0.717) is 17.2 Å². The van der Waals surface area contributed by atoms with E-state index in [2.05, 4.69) is 0 Å². The summed E-state index contributed by atoms with van der Waals surface area (Å²) in [5.74, 6) is -0.228. The van der Waals surface area contributed by atoms with Gasteiger partial charge in [-0.05, 0) is 18.2 Å². The van der Waals surface area contributed by atoms with Gasteiger partial charge in [-0.1, -0.05) is 11.6 Å². The molecule has 0 spiro atoms. The fraction of sp³-hybridized carbons (Fsp3) is 0.100. The minimum atomic E-state index is -0.228. The highest BCUT2D eigenvalue weighted by atomic mass is 35.5. The molecule has 2 heterocycles. The summed E-state index contributed by atoms with van der Waals surface area (Å²) in [6.45, 7) is 0.408. The quantitative estimate of drug-likeness (QED) is 0.643. The van der Waals surface area contributed by atoms with Gasteiger partial charge in [0.05, 0.1) is 10.4 Å². The number of carbonyl (C=O) groups is 1. The van der Waals surface area contributed by atoms with Gasteiger partial charge in [0, 0.05) is 15.1 Å². The van der Waals surface area contributed by atoms with E-state index in [1.165, 1.54) is 0 Å². The van der Waals surface area contributed by atoms with Gasteiger partial charge in [-0.2, -0.15) is 0 Å². The summed E-state index contributed by atoms with van der Waals surface area (Å²) < 4.78 is 6.03. The Labute approximate surface area is 89.1 Å². The maximum atomic E-state index is 11.4. The number of hydrogen-bond donors (Lipinski definition) is 0. The third-order valence-corrected chi connectivity index (χ3v) is 3.64. The molecular weight excluding hydrogens is 220 g/mol. The Balaban J connectivity index is 2.43. The average molecular weight is 225 g/mol. The van der Waals surface area contributed by atoms with Crippen LogP contribution in [-0.2, 0) is 11.3 Å². The molecule has 14 heavy (non-hydrogen) atoms. The number of thiophene rings is 1. The van der Waals surface area contributed by atoms with E-state index < -0.39 is 0 Å². The summed E-state index contributed by atoms with van der Waals surface area (Å²) in [5.41, 5.74) is 0.701. The molecule has 0 amide bonds. The second-order valence-corrected chi connectivity index (χ2v) is 4.69. The van der Waals surface area contributed by atoms with Crippen molar-refractivity contribution >= 4 is 39.0 Å². The molecule has 0 unspecified atom stereocenters. The van der Waals surface area contributed by atoms with Crippen molar-refractivity contribution in [3.8, 4) is 0 Å². The Kier molecular flexibility index (Phi) is 1.60. The molecule has 3 rings (SSSR count). The summed E-state index contributed by atoms with van der Waals surface area (Å²) >= 11 is 7.47. The Hall–Kier alpha value is -1.06. The number of halogens is 1. The first-order chi connectivity index (χ1) is 6.75. The van der Waals surface area contributed by atoms with Crippen molar-refractivity contribution in [2.45, 2.75) is 6.61 Å². The van der Waals surface area contributed by atoms with Crippen LogP contribution in [-0.4, -0.2) is 5.97 Å². The van der Waals surface area contributed by atoms with Crippen LogP contribution < -0.4 is 0 Å². The van der Waals surface area contributed by atoms with Crippen LogP contribution in [0.1, 0.15) is 15.2 Å². The van der Waals surface area contributed by atoms with E-state index >= 15 is 0 Å². The third-order valence-electron chi connectivity index (χ3n) is 2.26. The second kappa shape index (κ2) is 2.72. The zero-order valence-corrected chi connectivity index (χ0v) is 8.61. The van der Waals surface area contributed by atoms with Gasteiger partial charge >= 0.3 is 5.97 Å². The van der Waals surface area contributed by atoms with E-state index in [1.807, 2.05) is 18.2 Å². The summed E-state index contributed by atoms with van der Waals surface area (Å²) in [6, 6.07) is 5.59. The fourth-order valence-corrected chi connectivity index (χ4v) is 2.91. The fourth-order valence-electron chi connectivity index (χ4n) is 1.65. The zero-order chi connectivity index (χ0) is 9.71. The highest BCUT2D eigenvalue weighted by molar-refractivity contribution is 7.19. The average Bonchev–Trinajstić information content (AvgIpc) is 2.67. The van der Waals surface area contributed by atoms with Crippen LogP contribution >= 0.6 is 22.9 Å². The van der Waals surface area contributed by atoms with Crippen LogP contribution in [0.15, 0.2) is 18.2 Å². The predicted octanol–water partition coefficient (Wildman–Crippen LogP) is 3.23. The third kappa shape index (κ3) is 0.996. The molecule has 1 aliphatic rings. The molecule has 0 N–H and O–H groups in total. The Morgan fingerprint density at radius 3 is 3.14 bits per heavy atom. The minimum absolute atomic E-state index is 0.228. The van der Waals surface area contributed by atoms with Crippen molar-refractivity contribution in [2.24, 2.45) is 0 Å². The molecule has 70 valence electrons. The number of hydrogen-bond acceptors (Lipinski definition) is 3. The number of fused-ring (bicyclic) bond motifs is 3. The number of rotatable bonds is 0. The molecule has 0 atom stereocenters. The van der Waals surface area contributed by atoms with Gasteiger partial charge < -0.3 is 4.74 Å².